The van der Waals surface area contributed by atoms with E-state index in [9.17, 15) is 9.59 Å². The van der Waals surface area contributed by atoms with Crippen LogP contribution in [0.15, 0.2) is 91.4 Å². The van der Waals surface area contributed by atoms with Gasteiger partial charge in [0.1, 0.15) is 5.82 Å². The number of carbonyl (C=O) groups is 2. The maximum absolute atomic E-state index is 12.3. The van der Waals surface area contributed by atoms with Crippen molar-refractivity contribution >= 4 is 23.3 Å². The van der Waals surface area contributed by atoms with Crippen LogP contribution in [0, 0.1) is 0 Å². The standard InChI is InChI=1S/C23H19N5O2/c29-22(13-17-14-25-28(16-17)20-9-5-2-6-10-20)26-19-11-12-21(24-15-19)27-23(30)18-7-3-1-4-8-18/h1-12,14-16H,13H2,(H,26,29)(H,24,27,30). The van der Waals surface area contributed by atoms with E-state index in [0.717, 1.165) is 11.3 Å². The van der Waals surface area contributed by atoms with Crippen molar-refractivity contribution in [1.29, 1.82) is 0 Å². The molecule has 4 aromatic rings. The predicted octanol–water partition coefficient (Wildman–Crippen LogP) is 3.70. The van der Waals surface area contributed by atoms with E-state index >= 15 is 0 Å². The smallest absolute Gasteiger partial charge is 0.256 e. The third-order valence-electron chi connectivity index (χ3n) is 4.35. The minimum absolute atomic E-state index is 0.175. The molecule has 0 saturated heterocycles. The van der Waals surface area contributed by atoms with Gasteiger partial charge in [-0.1, -0.05) is 36.4 Å². The first-order valence-corrected chi connectivity index (χ1v) is 9.39. The van der Waals surface area contributed by atoms with Crippen LogP contribution in [0.2, 0.25) is 0 Å². The van der Waals surface area contributed by atoms with Crippen LogP contribution in [0.25, 0.3) is 5.69 Å². The summed E-state index contributed by atoms with van der Waals surface area (Å²) in [6.07, 6.45) is 5.20. The lowest BCUT2D eigenvalue weighted by Gasteiger charge is -2.07. The van der Waals surface area contributed by atoms with E-state index < -0.39 is 0 Å². The number of para-hydroxylation sites is 1. The van der Waals surface area contributed by atoms with Crippen molar-refractivity contribution in [3.05, 3.63) is 103 Å². The fraction of sp³-hybridized carbons (Fsp3) is 0.0435. The van der Waals surface area contributed by atoms with Gasteiger partial charge in [0.15, 0.2) is 0 Å². The summed E-state index contributed by atoms with van der Waals surface area (Å²) < 4.78 is 1.73. The largest absolute Gasteiger partial charge is 0.324 e. The summed E-state index contributed by atoms with van der Waals surface area (Å²) in [4.78, 5) is 28.7. The van der Waals surface area contributed by atoms with E-state index in [0.29, 0.717) is 17.1 Å². The molecular formula is C23H19N5O2. The molecule has 0 aliphatic heterocycles. The number of anilines is 2. The Hall–Kier alpha value is -4.26. The normalized spacial score (nSPS) is 10.4. The molecule has 148 valence electrons. The van der Waals surface area contributed by atoms with E-state index in [4.69, 9.17) is 0 Å². The molecule has 0 saturated carbocycles. The summed E-state index contributed by atoms with van der Waals surface area (Å²) in [6.45, 7) is 0. The van der Waals surface area contributed by atoms with Crippen molar-refractivity contribution in [2.45, 2.75) is 6.42 Å². The van der Waals surface area contributed by atoms with Gasteiger partial charge < -0.3 is 10.6 Å². The van der Waals surface area contributed by atoms with Gasteiger partial charge in [-0.15, -0.1) is 0 Å². The summed E-state index contributed by atoms with van der Waals surface area (Å²) in [5.74, 6) is -0.00761. The van der Waals surface area contributed by atoms with Crippen LogP contribution in [-0.4, -0.2) is 26.6 Å². The Morgan fingerprint density at radius 3 is 2.27 bits per heavy atom. The van der Waals surface area contributed by atoms with Gasteiger partial charge in [0.25, 0.3) is 5.91 Å². The Morgan fingerprint density at radius 1 is 0.833 bits per heavy atom. The molecule has 0 bridgehead atoms. The molecule has 2 amide bonds. The molecule has 0 unspecified atom stereocenters. The van der Waals surface area contributed by atoms with Crippen LogP contribution >= 0.6 is 0 Å². The zero-order valence-electron chi connectivity index (χ0n) is 16.0. The topological polar surface area (TPSA) is 88.9 Å². The molecule has 0 atom stereocenters. The van der Waals surface area contributed by atoms with Gasteiger partial charge in [-0.05, 0) is 42.0 Å². The minimum Gasteiger partial charge on any atom is -0.324 e. The molecule has 4 rings (SSSR count). The molecule has 0 aliphatic rings. The number of carbonyl (C=O) groups excluding carboxylic acids is 2. The fourth-order valence-electron chi connectivity index (χ4n) is 2.88. The average molecular weight is 397 g/mol. The molecule has 2 aromatic heterocycles. The first-order chi connectivity index (χ1) is 14.7. The average Bonchev–Trinajstić information content (AvgIpc) is 3.24. The first kappa shape index (κ1) is 19.1. The van der Waals surface area contributed by atoms with Crippen LogP contribution in [-0.2, 0) is 11.2 Å². The van der Waals surface area contributed by atoms with Crippen LogP contribution in [0.1, 0.15) is 15.9 Å². The maximum Gasteiger partial charge on any atom is 0.256 e. The predicted molar refractivity (Wildman–Crippen MR) is 115 cm³/mol. The lowest BCUT2D eigenvalue weighted by molar-refractivity contribution is -0.115. The van der Waals surface area contributed by atoms with Gasteiger partial charge in [0.2, 0.25) is 5.91 Å². The number of pyridine rings is 1. The highest BCUT2D eigenvalue weighted by atomic mass is 16.2. The molecular weight excluding hydrogens is 378 g/mol. The van der Waals surface area contributed by atoms with Gasteiger partial charge in [-0.25, -0.2) is 9.67 Å². The summed E-state index contributed by atoms with van der Waals surface area (Å²) in [5.41, 5.74) is 2.83. The summed E-state index contributed by atoms with van der Waals surface area (Å²) in [7, 11) is 0. The molecule has 0 radical (unpaired) electrons. The third kappa shape index (κ3) is 4.77. The molecule has 7 nitrogen and oxygen atoms in total. The Morgan fingerprint density at radius 2 is 1.57 bits per heavy atom. The van der Waals surface area contributed by atoms with E-state index in [1.165, 1.54) is 6.20 Å². The van der Waals surface area contributed by atoms with Gasteiger partial charge in [-0.3, -0.25) is 9.59 Å². The second kappa shape index (κ2) is 8.83. The molecule has 30 heavy (non-hydrogen) atoms. The summed E-state index contributed by atoms with van der Waals surface area (Å²) in [5, 5.41) is 9.82. The highest BCUT2D eigenvalue weighted by molar-refractivity contribution is 6.03. The Bertz CT molecular complexity index is 1140. The van der Waals surface area contributed by atoms with Crippen molar-refractivity contribution < 1.29 is 9.59 Å². The zero-order valence-corrected chi connectivity index (χ0v) is 16.0. The quantitative estimate of drug-likeness (QED) is 0.519. The maximum atomic E-state index is 12.3. The van der Waals surface area contributed by atoms with Gasteiger partial charge >= 0.3 is 0 Å². The fourth-order valence-corrected chi connectivity index (χ4v) is 2.88. The van der Waals surface area contributed by atoms with Crippen molar-refractivity contribution in [3.63, 3.8) is 0 Å². The summed E-state index contributed by atoms with van der Waals surface area (Å²) >= 11 is 0. The molecule has 0 spiro atoms. The third-order valence-corrected chi connectivity index (χ3v) is 4.35. The Kier molecular flexibility index (Phi) is 5.61. The van der Waals surface area contributed by atoms with Crippen LogP contribution in [0.5, 0.6) is 0 Å². The Labute approximate surface area is 173 Å². The van der Waals surface area contributed by atoms with Crippen LogP contribution < -0.4 is 10.6 Å². The second-order valence-electron chi connectivity index (χ2n) is 6.61. The zero-order chi connectivity index (χ0) is 20.8. The van der Waals surface area contributed by atoms with Gasteiger partial charge in [0.05, 0.1) is 30.2 Å². The Balaban J connectivity index is 1.33. The minimum atomic E-state index is -0.240. The van der Waals surface area contributed by atoms with Gasteiger partial charge in [0, 0.05) is 11.8 Å². The monoisotopic (exact) mass is 397 g/mol. The first-order valence-electron chi connectivity index (χ1n) is 9.39. The molecule has 7 heteroatoms. The SMILES string of the molecule is O=C(Cc1cnn(-c2ccccc2)c1)Nc1ccc(NC(=O)c2ccccc2)nc1. The molecule has 2 aromatic carbocycles. The molecule has 0 aliphatic carbocycles. The highest BCUT2D eigenvalue weighted by Crippen LogP contribution is 2.13. The van der Waals surface area contributed by atoms with E-state index in [2.05, 4.69) is 20.7 Å². The van der Waals surface area contributed by atoms with Crippen LogP contribution in [0.4, 0.5) is 11.5 Å². The molecule has 2 N–H and O–H groups in total. The summed E-state index contributed by atoms with van der Waals surface area (Å²) in [6, 6.07) is 21.9. The van der Waals surface area contributed by atoms with Gasteiger partial charge in [-0.2, -0.15) is 5.10 Å². The number of nitrogens with one attached hydrogen (secondary N) is 2. The van der Waals surface area contributed by atoms with Crippen molar-refractivity contribution in [2.24, 2.45) is 0 Å². The highest BCUT2D eigenvalue weighted by Gasteiger charge is 2.09. The van der Waals surface area contributed by atoms with E-state index in [-0.39, 0.29) is 18.2 Å². The number of hydrogen-bond acceptors (Lipinski definition) is 4. The number of hydrogen-bond donors (Lipinski definition) is 2. The lowest BCUT2D eigenvalue weighted by atomic mass is 10.2. The molecule has 0 fully saturated rings. The second-order valence-corrected chi connectivity index (χ2v) is 6.61. The van der Waals surface area contributed by atoms with Crippen molar-refractivity contribution in [2.75, 3.05) is 10.6 Å². The number of nitrogens with zero attached hydrogens (tertiary/aromatic N) is 3. The number of aromatic nitrogens is 3. The number of amides is 2. The lowest BCUT2D eigenvalue weighted by Crippen LogP contribution is -2.15. The molecule has 2 heterocycles. The number of benzene rings is 2. The number of rotatable bonds is 6. The van der Waals surface area contributed by atoms with Crippen LogP contribution in [0.3, 0.4) is 0 Å². The van der Waals surface area contributed by atoms with E-state index in [1.54, 1.807) is 47.3 Å². The van der Waals surface area contributed by atoms with Crippen molar-refractivity contribution in [3.8, 4) is 5.69 Å². The van der Waals surface area contributed by atoms with Crippen molar-refractivity contribution in [1.82, 2.24) is 14.8 Å². The van der Waals surface area contributed by atoms with E-state index in [1.807, 2.05) is 42.6 Å².